The molecule has 0 bridgehead atoms. The largest absolute Gasteiger partial charge is 0.465 e. The van der Waals surface area contributed by atoms with Gasteiger partial charge in [0.1, 0.15) is 5.82 Å². The molecule has 4 rings (SSSR count). The van der Waals surface area contributed by atoms with Crippen molar-refractivity contribution in [1.29, 1.82) is 0 Å². The minimum atomic E-state index is -4.08. The van der Waals surface area contributed by atoms with Gasteiger partial charge in [-0.15, -0.1) is 0 Å². The third-order valence-electron chi connectivity index (χ3n) is 5.96. The van der Waals surface area contributed by atoms with Crippen LogP contribution in [-0.2, 0) is 15.4 Å². The molecule has 2 aliphatic rings. The van der Waals surface area contributed by atoms with Gasteiger partial charge >= 0.3 is 6.09 Å². The van der Waals surface area contributed by atoms with Gasteiger partial charge in [0.25, 0.3) is 16.4 Å². The first-order valence-corrected chi connectivity index (χ1v) is 10.8. The number of carbonyl (C=O) groups is 1. The Morgan fingerprint density at radius 3 is 2.27 bits per heavy atom. The van der Waals surface area contributed by atoms with E-state index in [2.05, 4.69) is 0 Å². The zero-order chi connectivity index (χ0) is 21.7. The van der Waals surface area contributed by atoms with Crippen LogP contribution in [0, 0.1) is 5.82 Å². The van der Waals surface area contributed by atoms with Crippen LogP contribution < -0.4 is 4.31 Å². The van der Waals surface area contributed by atoms with E-state index in [1.165, 1.54) is 27.4 Å². The van der Waals surface area contributed by atoms with Crippen molar-refractivity contribution in [2.75, 3.05) is 23.9 Å². The highest BCUT2D eigenvalue weighted by molar-refractivity contribution is 7.92. The summed E-state index contributed by atoms with van der Waals surface area (Å²) in [5, 5.41) is 9.21. The Morgan fingerprint density at radius 1 is 1.07 bits per heavy atom. The topological polar surface area (TPSA) is 77.9 Å². The van der Waals surface area contributed by atoms with Crippen LogP contribution in [0.15, 0.2) is 47.4 Å². The third-order valence-corrected chi connectivity index (χ3v) is 7.73. The minimum Gasteiger partial charge on any atom is -0.465 e. The minimum absolute atomic E-state index is 0.0399. The van der Waals surface area contributed by atoms with Crippen molar-refractivity contribution in [2.24, 2.45) is 0 Å². The molecule has 0 radical (unpaired) electrons. The quantitative estimate of drug-likeness (QED) is 0.783. The summed E-state index contributed by atoms with van der Waals surface area (Å²) in [7, 11) is -4.08. The SMILES string of the molecule is O=C(O)N1CCC2(CC1)CN(S(=O)(=O)c1ccc(C(F)F)cc1)c1ccc(F)cc12. The van der Waals surface area contributed by atoms with Crippen LogP contribution in [0.2, 0.25) is 0 Å². The Bertz CT molecular complexity index is 1080. The number of alkyl halides is 2. The second kappa shape index (κ2) is 7.19. The van der Waals surface area contributed by atoms with Crippen molar-refractivity contribution >= 4 is 21.8 Å². The molecule has 1 N–H and O–H groups in total. The molecule has 0 aromatic heterocycles. The maximum absolute atomic E-state index is 14.0. The Kier molecular flexibility index (Phi) is 4.92. The molecule has 2 heterocycles. The predicted octanol–water partition coefficient (Wildman–Crippen LogP) is 3.98. The highest BCUT2D eigenvalue weighted by Gasteiger charge is 2.49. The summed E-state index contributed by atoms with van der Waals surface area (Å²) in [4.78, 5) is 12.4. The lowest BCUT2D eigenvalue weighted by Crippen LogP contribution is -2.47. The summed E-state index contributed by atoms with van der Waals surface area (Å²) in [5.41, 5.74) is -0.131. The lowest BCUT2D eigenvalue weighted by atomic mass is 9.74. The fourth-order valence-corrected chi connectivity index (χ4v) is 5.85. The van der Waals surface area contributed by atoms with E-state index in [-0.39, 0.29) is 30.1 Å². The average Bonchev–Trinajstić information content (AvgIpc) is 3.02. The molecule has 2 aromatic carbocycles. The normalized spacial score (nSPS) is 18.1. The fraction of sp³-hybridized carbons (Fsp3) is 0.350. The number of rotatable bonds is 3. The lowest BCUT2D eigenvalue weighted by molar-refractivity contribution is 0.119. The highest BCUT2D eigenvalue weighted by Crippen LogP contribution is 2.49. The highest BCUT2D eigenvalue weighted by atomic mass is 32.2. The maximum atomic E-state index is 14.0. The summed E-state index contributed by atoms with van der Waals surface area (Å²) in [6.07, 6.45) is -3.05. The van der Waals surface area contributed by atoms with E-state index in [4.69, 9.17) is 0 Å². The molecule has 30 heavy (non-hydrogen) atoms. The maximum Gasteiger partial charge on any atom is 0.407 e. The molecule has 1 amide bonds. The third kappa shape index (κ3) is 3.28. The van der Waals surface area contributed by atoms with Crippen molar-refractivity contribution in [2.45, 2.75) is 29.6 Å². The molecule has 160 valence electrons. The summed E-state index contributed by atoms with van der Waals surface area (Å²) < 4.78 is 67.4. The van der Waals surface area contributed by atoms with E-state index in [0.717, 1.165) is 24.3 Å². The van der Waals surface area contributed by atoms with Crippen LogP contribution in [0.3, 0.4) is 0 Å². The van der Waals surface area contributed by atoms with Gasteiger partial charge in [0.15, 0.2) is 0 Å². The first-order valence-electron chi connectivity index (χ1n) is 9.33. The first-order chi connectivity index (χ1) is 14.1. The second-order valence-electron chi connectivity index (χ2n) is 7.59. The molecule has 0 unspecified atom stereocenters. The molecule has 2 aliphatic heterocycles. The van der Waals surface area contributed by atoms with Crippen LogP contribution >= 0.6 is 0 Å². The number of benzene rings is 2. The zero-order valence-corrected chi connectivity index (χ0v) is 16.6. The van der Waals surface area contributed by atoms with Gasteiger partial charge in [0.2, 0.25) is 0 Å². The van der Waals surface area contributed by atoms with Gasteiger partial charge < -0.3 is 10.0 Å². The zero-order valence-electron chi connectivity index (χ0n) is 15.8. The van der Waals surface area contributed by atoms with Crippen LogP contribution in [0.5, 0.6) is 0 Å². The van der Waals surface area contributed by atoms with E-state index in [1.54, 1.807) is 0 Å². The number of hydrogen-bond acceptors (Lipinski definition) is 3. The van der Waals surface area contributed by atoms with Crippen LogP contribution in [0.4, 0.5) is 23.7 Å². The van der Waals surface area contributed by atoms with Gasteiger partial charge in [-0.05, 0) is 48.7 Å². The molecule has 1 spiro atoms. The number of carboxylic acid groups (broad SMARTS) is 1. The lowest BCUT2D eigenvalue weighted by Gasteiger charge is -2.38. The Balaban J connectivity index is 1.73. The van der Waals surface area contributed by atoms with Crippen LogP contribution in [0.25, 0.3) is 0 Å². The molecule has 0 aliphatic carbocycles. The predicted molar refractivity (Wildman–Crippen MR) is 103 cm³/mol. The van der Waals surface area contributed by atoms with Gasteiger partial charge in [0, 0.05) is 30.6 Å². The van der Waals surface area contributed by atoms with Crippen molar-refractivity contribution in [3.8, 4) is 0 Å². The van der Waals surface area contributed by atoms with E-state index >= 15 is 0 Å². The molecule has 10 heteroatoms. The number of piperidine rings is 1. The molecular weight excluding hydrogens is 421 g/mol. The summed E-state index contributed by atoms with van der Waals surface area (Å²) >= 11 is 0. The second-order valence-corrected chi connectivity index (χ2v) is 9.46. The summed E-state index contributed by atoms with van der Waals surface area (Å²) in [6.45, 7) is 0.461. The summed E-state index contributed by atoms with van der Waals surface area (Å²) in [6, 6.07) is 8.29. The Hall–Kier alpha value is -2.75. The standard InChI is InChI=1S/C20H19F3N2O4S/c21-14-3-6-17-16(11-14)20(7-9-24(10-8-20)19(26)27)12-25(17)30(28,29)15-4-1-13(2-5-15)18(22)23/h1-6,11,18H,7-10,12H2,(H,26,27). The number of sulfonamides is 1. The number of fused-ring (bicyclic) bond motifs is 2. The van der Waals surface area contributed by atoms with E-state index in [0.29, 0.717) is 24.1 Å². The number of hydrogen-bond donors (Lipinski definition) is 1. The molecule has 0 saturated carbocycles. The summed E-state index contributed by atoms with van der Waals surface area (Å²) in [5.74, 6) is -0.505. The molecule has 6 nitrogen and oxygen atoms in total. The Morgan fingerprint density at radius 2 is 1.70 bits per heavy atom. The smallest absolute Gasteiger partial charge is 0.407 e. The molecule has 0 atom stereocenters. The monoisotopic (exact) mass is 440 g/mol. The number of likely N-dealkylation sites (tertiary alicyclic amines) is 1. The molecular formula is C20H19F3N2O4S. The van der Waals surface area contributed by atoms with Gasteiger partial charge in [0.05, 0.1) is 10.6 Å². The van der Waals surface area contributed by atoms with Crippen LogP contribution in [-0.4, -0.2) is 44.2 Å². The number of halogens is 3. The van der Waals surface area contributed by atoms with Gasteiger partial charge in [-0.3, -0.25) is 4.31 Å². The Labute approximate surface area is 171 Å². The van der Waals surface area contributed by atoms with Gasteiger partial charge in [-0.25, -0.2) is 26.4 Å². The first kappa shape index (κ1) is 20.5. The molecule has 1 saturated heterocycles. The van der Waals surface area contributed by atoms with Crippen molar-refractivity contribution < 1.29 is 31.5 Å². The van der Waals surface area contributed by atoms with Gasteiger partial charge in [-0.1, -0.05) is 12.1 Å². The van der Waals surface area contributed by atoms with Crippen molar-refractivity contribution in [3.63, 3.8) is 0 Å². The number of amides is 1. The van der Waals surface area contributed by atoms with E-state index < -0.39 is 33.8 Å². The number of anilines is 1. The van der Waals surface area contributed by atoms with E-state index in [1.807, 2.05) is 0 Å². The molecule has 2 aromatic rings. The van der Waals surface area contributed by atoms with E-state index in [9.17, 15) is 31.5 Å². The number of nitrogens with zero attached hydrogens (tertiary/aromatic N) is 2. The van der Waals surface area contributed by atoms with Crippen molar-refractivity contribution in [1.82, 2.24) is 4.90 Å². The molecule has 1 fully saturated rings. The average molecular weight is 440 g/mol. The fourth-order valence-electron chi connectivity index (χ4n) is 4.28. The van der Waals surface area contributed by atoms with Crippen LogP contribution in [0.1, 0.15) is 30.4 Å². The van der Waals surface area contributed by atoms with Crippen molar-refractivity contribution in [3.05, 3.63) is 59.4 Å². The van der Waals surface area contributed by atoms with Gasteiger partial charge in [-0.2, -0.15) is 0 Å².